The first-order valence-electron chi connectivity index (χ1n) is 6.05. The first kappa shape index (κ1) is 19.1. The van der Waals surface area contributed by atoms with Gasteiger partial charge < -0.3 is 10.1 Å². The first-order valence-corrected chi connectivity index (χ1v) is 7.19. The van der Waals surface area contributed by atoms with Crippen LogP contribution in [0.1, 0.15) is 11.6 Å². The van der Waals surface area contributed by atoms with Crippen LogP contribution in [0.25, 0.3) is 0 Å². The summed E-state index contributed by atoms with van der Waals surface area (Å²) < 4.78 is 3.12. The van der Waals surface area contributed by atoms with E-state index in [0.29, 0.717) is 0 Å². The Balaban J connectivity index is 3.25. The fraction of sp³-hybridized carbons (Fsp3) is 0.214. The van der Waals surface area contributed by atoms with Crippen molar-refractivity contribution in [3.05, 3.63) is 46.5 Å². The van der Waals surface area contributed by atoms with Gasteiger partial charge in [-0.3, -0.25) is 14.9 Å². The number of nitrogens with one attached hydrogen (secondary N) is 1. The Morgan fingerprint density at radius 2 is 2.22 bits per heavy atom. The summed E-state index contributed by atoms with van der Waals surface area (Å²) in [6, 6.07) is 2.94. The number of ether oxygens (including phenoxy) is 1. The first-order chi connectivity index (χ1) is 10.7. The maximum Gasteiger partial charge on any atom is 0.272 e. The standard InChI is InChI=1S/C14H11Cl3N2O4/c1-3-7-23-12-6-5-9(19(21)22)8-10(12)11(4-2)18-13(20)14(15,16)17/h1,4-6,8,11H,2,7H2,(H,18,20). The molecule has 0 saturated carbocycles. The lowest BCUT2D eigenvalue weighted by molar-refractivity contribution is -0.385. The summed E-state index contributed by atoms with van der Waals surface area (Å²) in [5.41, 5.74) is 0.0510. The van der Waals surface area contributed by atoms with Crippen molar-refractivity contribution in [1.29, 1.82) is 0 Å². The lowest BCUT2D eigenvalue weighted by Crippen LogP contribution is -2.36. The van der Waals surface area contributed by atoms with Gasteiger partial charge in [0.15, 0.2) is 0 Å². The quantitative estimate of drug-likeness (QED) is 0.271. The number of nitrogens with zero attached hydrogens (tertiary/aromatic N) is 1. The van der Waals surface area contributed by atoms with Crippen molar-refractivity contribution in [2.45, 2.75) is 9.83 Å². The lowest BCUT2D eigenvalue weighted by atomic mass is 10.0. The molecule has 1 atom stereocenters. The minimum Gasteiger partial charge on any atom is -0.481 e. The number of carbonyl (C=O) groups is 1. The number of nitro groups is 1. The molecule has 0 radical (unpaired) electrons. The zero-order valence-electron chi connectivity index (χ0n) is 11.6. The topological polar surface area (TPSA) is 81.5 Å². The molecule has 1 aromatic rings. The highest BCUT2D eigenvalue weighted by Crippen LogP contribution is 2.32. The monoisotopic (exact) mass is 376 g/mol. The maximum atomic E-state index is 11.8. The number of benzene rings is 1. The van der Waals surface area contributed by atoms with Crippen molar-refractivity contribution in [3.8, 4) is 18.1 Å². The van der Waals surface area contributed by atoms with Gasteiger partial charge in [-0.05, 0) is 6.07 Å². The maximum absolute atomic E-state index is 11.8. The number of non-ortho nitro benzene ring substituents is 1. The molecule has 6 nitrogen and oxygen atoms in total. The molecule has 0 aliphatic heterocycles. The van der Waals surface area contributed by atoms with E-state index in [2.05, 4.69) is 17.8 Å². The van der Waals surface area contributed by atoms with Crippen LogP contribution in [0.15, 0.2) is 30.9 Å². The number of alkyl halides is 3. The molecule has 1 unspecified atom stereocenters. The highest BCUT2D eigenvalue weighted by Gasteiger charge is 2.32. The summed E-state index contributed by atoms with van der Waals surface area (Å²) in [5, 5.41) is 13.3. The van der Waals surface area contributed by atoms with E-state index in [1.54, 1.807) is 0 Å². The molecule has 23 heavy (non-hydrogen) atoms. The van der Waals surface area contributed by atoms with Crippen LogP contribution in [0.3, 0.4) is 0 Å². The van der Waals surface area contributed by atoms with E-state index in [4.69, 9.17) is 46.0 Å². The average Bonchev–Trinajstić information content (AvgIpc) is 2.49. The Morgan fingerprint density at radius 1 is 1.57 bits per heavy atom. The summed E-state index contributed by atoms with van der Waals surface area (Å²) in [6.45, 7) is 3.50. The summed E-state index contributed by atoms with van der Waals surface area (Å²) >= 11 is 16.5. The van der Waals surface area contributed by atoms with Crippen LogP contribution >= 0.6 is 34.8 Å². The van der Waals surface area contributed by atoms with Crippen molar-refractivity contribution in [3.63, 3.8) is 0 Å². The van der Waals surface area contributed by atoms with E-state index in [1.165, 1.54) is 24.3 Å². The van der Waals surface area contributed by atoms with Crippen molar-refractivity contribution in [1.82, 2.24) is 5.32 Å². The molecule has 1 aromatic carbocycles. The molecule has 9 heteroatoms. The average molecular weight is 378 g/mol. The van der Waals surface area contributed by atoms with E-state index in [1.807, 2.05) is 0 Å². The van der Waals surface area contributed by atoms with Crippen LogP contribution in [0.5, 0.6) is 5.75 Å². The van der Waals surface area contributed by atoms with Crippen molar-refractivity contribution < 1.29 is 14.5 Å². The molecule has 0 aromatic heterocycles. The van der Waals surface area contributed by atoms with Gasteiger partial charge in [0.05, 0.1) is 11.0 Å². The van der Waals surface area contributed by atoms with Gasteiger partial charge in [-0.2, -0.15) is 0 Å². The number of nitro benzene ring substituents is 1. The molecule has 1 amide bonds. The highest BCUT2D eigenvalue weighted by molar-refractivity contribution is 6.76. The smallest absolute Gasteiger partial charge is 0.272 e. The van der Waals surface area contributed by atoms with Gasteiger partial charge >= 0.3 is 0 Å². The van der Waals surface area contributed by atoms with Crippen molar-refractivity contribution in [2.75, 3.05) is 6.61 Å². The van der Waals surface area contributed by atoms with Crippen LogP contribution in [0.2, 0.25) is 0 Å². The molecule has 0 saturated heterocycles. The number of hydrogen-bond acceptors (Lipinski definition) is 4. The van der Waals surface area contributed by atoms with Crippen molar-refractivity contribution >= 4 is 46.4 Å². The second-order valence-corrected chi connectivity index (χ2v) is 6.44. The van der Waals surface area contributed by atoms with Gasteiger partial charge in [-0.15, -0.1) is 13.0 Å². The lowest BCUT2D eigenvalue weighted by Gasteiger charge is -2.20. The molecule has 0 bridgehead atoms. The molecule has 0 spiro atoms. The molecule has 0 aliphatic rings. The second-order valence-electron chi connectivity index (χ2n) is 4.16. The zero-order chi connectivity index (χ0) is 17.6. The number of terminal acetylenes is 1. The molecular formula is C14H11Cl3N2O4. The summed E-state index contributed by atoms with van der Waals surface area (Å²) in [7, 11) is 0. The minimum absolute atomic E-state index is 0.0624. The number of rotatable bonds is 6. The Kier molecular flexibility index (Phi) is 6.70. The summed E-state index contributed by atoms with van der Waals surface area (Å²) in [4.78, 5) is 22.1. The van der Waals surface area contributed by atoms with Gasteiger partial charge in [-0.25, -0.2) is 0 Å². The second kappa shape index (κ2) is 8.06. The third kappa shape index (κ3) is 5.32. The Bertz CT molecular complexity index is 665. The number of hydrogen-bond donors (Lipinski definition) is 1. The molecule has 0 fully saturated rings. The minimum atomic E-state index is -2.19. The molecule has 1 N–H and O–H groups in total. The van der Waals surface area contributed by atoms with Crippen LogP contribution in [0.4, 0.5) is 5.69 Å². The van der Waals surface area contributed by atoms with E-state index < -0.39 is 20.7 Å². The van der Waals surface area contributed by atoms with E-state index in [-0.39, 0.29) is 23.6 Å². The predicted molar refractivity (Wildman–Crippen MR) is 88.8 cm³/mol. The van der Waals surface area contributed by atoms with Gasteiger partial charge in [-0.1, -0.05) is 46.8 Å². The van der Waals surface area contributed by atoms with Gasteiger partial charge in [0, 0.05) is 17.7 Å². The number of carbonyl (C=O) groups excluding carboxylic acids is 1. The Labute approximate surface area is 147 Å². The van der Waals surface area contributed by atoms with Crippen LogP contribution in [-0.2, 0) is 4.79 Å². The van der Waals surface area contributed by atoms with E-state index in [0.717, 1.165) is 0 Å². The van der Waals surface area contributed by atoms with E-state index in [9.17, 15) is 14.9 Å². The van der Waals surface area contributed by atoms with Gasteiger partial charge in [0.2, 0.25) is 0 Å². The third-order valence-corrected chi connectivity index (χ3v) is 3.14. The van der Waals surface area contributed by atoms with Gasteiger partial charge in [0.1, 0.15) is 12.4 Å². The molecule has 0 aliphatic carbocycles. The van der Waals surface area contributed by atoms with E-state index >= 15 is 0 Å². The SMILES string of the molecule is C#CCOc1ccc([N+](=O)[O-])cc1C(C=C)NC(=O)C(Cl)(Cl)Cl. The Hall–Kier alpha value is -1.94. The van der Waals surface area contributed by atoms with Gasteiger partial charge in [0.25, 0.3) is 15.4 Å². The van der Waals surface area contributed by atoms with Crippen LogP contribution in [0, 0.1) is 22.5 Å². The zero-order valence-corrected chi connectivity index (χ0v) is 13.9. The fourth-order valence-electron chi connectivity index (χ4n) is 1.63. The van der Waals surface area contributed by atoms with Crippen LogP contribution < -0.4 is 10.1 Å². The third-order valence-electron chi connectivity index (χ3n) is 2.63. The normalized spacial score (nSPS) is 11.9. The Morgan fingerprint density at radius 3 is 2.70 bits per heavy atom. The number of halogens is 3. The largest absolute Gasteiger partial charge is 0.481 e. The molecular weight excluding hydrogens is 367 g/mol. The highest BCUT2D eigenvalue weighted by atomic mass is 35.6. The number of amides is 1. The summed E-state index contributed by atoms with van der Waals surface area (Å²) in [5.74, 6) is 1.59. The molecule has 1 rings (SSSR count). The molecule has 122 valence electrons. The molecule has 0 heterocycles. The predicted octanol–water partition coefficient (Wildman–Crippen LogP) is 3.32. The van der Waals surface area contributed by atoms with Crippen LogP contribution in [-0.4, -0.2) is 21.2 Å². The van der Waals surface area contributed by atoms with Crippen molar-refractivity contribution in [2.24, 2.45) is 0 Å². The summed E-state index contributed by atoms with van der Waals surface area (Å²) in [6.07, 6.45) is 6.44. The fourth-order valence-corrected chi connectivity index (χ4v) is 1.79.